The van der Waals surface area contributed by atoms with Crippen LogP contribution in [0, 0.1) is 11.3 Å². The molecule has 1 N–H and O–H groups in total. The summed E-state index contributed by atoms with van der Waals surface area (Å²) in [5.41, 5.74) is 1.55. The maximum atomic E-state index is 10.7. The molecule has 1 aromatic rings. The second kappa shape index (κ2) is 4.23. The fourth-order valence-corrected chi connectivity index (χ4v) is 2.73. The molecule has 1 saturated heterocycles. The minimum absolute atomic E-state index is 0.247. The highest BCUT2D eigenvalue weighted by atomic mass is 16.4. The van der Waals surface area contributed by atoms with Gasteiger partial charge < -0.3 is 10.0 Å². The first-order valence-corrected chi connectivity index (χ1v) is 6.50. The molecule has 0 unspecified atom stereocenters. The molecule has 1 aliphatic carbocycles. The molecule has 2 heterocycles. The van der Waals surface area contributed by atoms with Crippen molar-refractivity contribution in [1.82, 2.24) is 9.88 Å². The Hall–Kier alpha value is -2.09. The van der Waals surface area contributed by atoms with E-state index in [0.717, 1.165) is 30.5 Å². The predicted molar refractivity (Wildman–Crippen MR) is 67.7 cm³/mol. The second-order valence-electron chi connectivity index (χ2n) is 5.41. The van der Waals surface area contributed by atoms with Crippen molar-refractivity contribution in [2.75, 3.05) is 13.1 Å². The van der Waals surface area contributed by atoms with Gasteiger partial charge in [-0.2, -0.15) is 5.26 Å². The van der Waals surface area contributed by atoms with Gasteiger partial charge >= 0.3 is 6.09 Å². The number of hydrogen-bond acceptors (Lipinski definition) is 3. The molecule has 19 heavy (non-hydrogen) atoms. The van der Waals surface area contributed by atoms with Gasteiger partial charge in [0.2, 0.25) is 0 Å². The molecule has 0 aromatic carbocycles. The van der Waals surface area contributed by atoms with Crippen LogP contribution in [0.1, 0.15) is 36.4 Å². The minimum atomic E-state index is -0.862. The van der Waals surface area contributed by atoms with E-state index in [2.05, 4.69) is 11.1 Å². The Labute approximate surface area is 111 Å². The third-order valence-electron chi connectivity index (χ3n) is 4.32. The van der Waals surface area contributed by atoms with E-state index in [1.54, 1.807) is 6.20 Å². The fraction of sp³-hybridized carbons (Fsp3) is 0.500. The summed E-state index contributed by atoms with van der Waals surface area (Å²) >= 11 is 0. The first kappa shape index (κ1) is 12.0. The van der Waals surface area contributed by atoms with Gasteiger partial charge in [0.1, 0.15) is 0 Å². The molecular formula is C14H15N3O2. The molecule has 0 spiro atoms. The number of nitriles is 1. The Kier molecular flexibility index (Phi) is 2.67. The quantitative estimate of drug-likeness (QED) is 0.880. The van der Waals surface area contributed by atoms with Gasteiger partial charge in [-0.05, 0) is 30.9 Å². The molecule has 98 valence electrons. The molecule has 5 heteroatoms. The summed E-state index contributed by atoms with van der Waals surface area (Å²) in [7, 11) is 0. The second-order valence-corrected chi connectivity index (χ2v) is 5.41. The van der Waals surface area contributed by atoms with Gasteiger partial charge in [0, 0.05) is 25.2 Å². The van der Waals surface area contributed by atoms with E-state index >= 15 is 0 Å². The summed E-state index contributed by atoms with van der Waals surface area (Å²) in [5.74, 6) is 0.247. The molecule has 0 radical (unpaired) electrons. The van der Waals surface area contributed by atoms with Crippen LogP contribution >= 0.6 is 0 Å². The molecular weight excluding hydrogens is 242 g/mol. The van der Waals surface area contributed by atoms with Crippen LogP contribution < -0.4 is 0 Å². The lowest BCUT2D eigenvalue weighted by molar-refractivity contribution is 0.105. The van der Waals surface area contributed by atoms with E-state index in [1.807, 2.05) is 12.1 Å². The smallest absolute Gasteiger partial charge is 0.407 e. The number of carboxylic acid groups (broad SMARTS) is 1. The number of amides is 1. The first-order chi connectivity index (χ1) is 9.14. The van der Waals surface area contributed by atoms with Crippen LogP contribution in [0.3, 0.4) is 0 Å². The van der Waals surface area contributed by atoms with E-state index in [-0.39, 0.29) is 11.3 Å². The van der Waals surface area contributed by atoms with Crippen molar-refractivity contribution in [3.05, 3.63) is 29.6 Å². The van der Waals surface area contributed by atoms with E-state index in [9.17, 15) is 10.1 Å². The predicted octanol–water partition coefficient (Wildman–Crippen LogP) is 2.10. The van der Waals surface area contributed by atoms with Gasteiger partial charge in [-0.25, -0.2) is 4.79 Å². The zero-order chi connectivity index (χ0) is 13.5. The Bertz CT molecular complexity index is 537. The summed E-state index contributed by atoms with van der Waals surface area (Å²) in [6.07, 6.45) is 3.82. The number of aromatic nitrogens is 1. The van der Waals surface area contributed by atoms with Crippen LogP contribution in [-0.2, 0) is 5.41 Å². The number of rotatable bonds is 2. The molecule has 1 saturated carbocycles. The standard InChI is InChI=1S/C14H15N3O2/c15-9-14(4-1-5-14)12-3-2-10(6-16-12)11-7-17(8-11)13(18)19/h2-3,6,11H,1,4-5,7-8H2,(H,18,19). The molecule has 1 aromatic heterocycles. The van der Waals surface area contributed by atoms with Crippen LogP contribution in [0.25, 0.3) is 0 Å². The SMILES string of the molecule is N#CC1(c2ccc(C3CN(C(=O)O)C3)cn2)CCC1. The van der Waals surface area contributed by atoms with Gasteiger partial charge in [-0.15, -0.1) is 0 Å². The lowest BCUT2D eigenvalue weighted by Crippen LogP contribution is -2.47. The highest BCUT2D eigenvalue weighted by molar-refractivity contribution is 5.66. The summed E-state index contributed by atoms with van der Waals surface area (Å²) in [6.45, 7) is 1.08. The topological polar surface area (TPSA) is 77.2 Å². The van der Waals surface area contributed by atoms with Crippen LogP contribution in [0.5, 0.6) is 0 Å². The monoisotopic (exact) mass is 257 g/mol. The summed E-state index contributed by atoms with van der Waals surface area (Å²) in [5, 5.41) is 18.1. The molecule has 2 fully saturated rings. The molecule has 1 amide bonds. The first-order valence-electron chi connectivity index (χ1n) is 6.50. The van der Waals surface area contributed by atoms with Gasteiger partial charge in [-0.3, -0.25) is 4.98 Å². The Balaban J connectivity index is 1.71. The fourth-order valence-electron chi connectivity index (χ4n) is 2.73. The Morgan fingerprint density at radius 3 is 2.63 bits per heavy atom. The average molecular weight is 257 g/mol. The summed E-state index contributed by atoms with van der Waals surface area (Å²) < 4.78 is 0. The summed E-state index contributed by atoms with van der Waals surface area (Å²) in [4.78, 5) is 16.5. The van der Waals surface area contributed by atoms with E-state index in [1.165, 1.54) is 4.90 Å². The van der Waals surface area contributed by atoms with E-state index in [4.69, 9.17) is 5.11 Å². The van der Waals surface area contributed by atoms with Crippen molar-refractivity contribution in [2.45, 2.75) is 30.6 Å². The van der Waals surface area contributed by atoms with Crippen molar-refractivity contribution < 1.29 is 9.90 Å². The highest BCUT2D eigenvalue weighted by Crippen LogP contribution is 2.42. The number of likely N-dealkylation sites (tertiary alicyclic amines) is 1. The van der Waals surface area contributed by atoms with E-state index < -0.39 is 6.09 Å². The van der Waals surface area contributed by atoms with Crippen LogP contribution in [0.2, 0.25) is 0 Å². The average Bonchev–Trinajstić information content (AvgIpc) is 2.28. The molecule has 2 aliphatic rings. The minimum Gasteiger partial charge on any atom is -0.465 e. The van der Waals surface area contributed by atoms with Crippen molar-refractivity contribution in [3.8, 4) is 6.07 Å². The number of nitrogens with zero attached hydrogens (tertiary/aromatic N) is 3. The zero-order valence-corrected chi connectivity index (χ0v) is 10.5. The van der Waals surface area contributed by atoms with Crippen molar-refractivity contribution in [2.24, 2.45) is 0 Å². The number of carbonyl (C=O) groups is 1. The maximum Gasteiger partial charge on any atom is 0.407 e. The lowest BCUT2D eigenvalue weighted by atomic mass is 9.67. The van der Waals surface area contributed by atoms with Crippen molar-refractivity contribution in [1.29, 1.82) is 5.26 Å². The largest absolute Gasteiger partial charge is 0.465 e. The normalized spacial score (nSPS) is 21.1. The zero-order valence-electron chi connectivity index (χ0n) is 10.5. The molecule has 0 atom stereocenters. The van der Waals surface area contributed by atoms with Gasteiger partial charge in [0.15, 0.2) is 0 Å². The van der Waals surface area contributed by atoms with Crippen molar-refractivity contribution >= 4 is 6.09 Å². The molecule has 5 nitrogen and oxygen atoms in total. The van der Waals surface area contributed by atoms with Crippen LogP contribution in [0.15, 0.2) is 18.3 Å². The number of hydrogen-bond donors (Lipinski definition) is 1. The third kappa shape index (κ3) is 1.84. The van der Waals surface area contributed by atoms with E-state index in [0.29, 0.717) is 13.1 Å². The molecule has 1 aliphatic heterocycles. The number of pyridine rings is 1. The Morgan fingerprint density at radius 1 is 1.47 bits per heavy atom. The maximum absolute atomic E-state index is 10.7. The summed E-state index contributed by atoms with van der Waals surface area (Å²) in [6, 6.07) is 6.30. The van der Waals surface area contributed by atoms with Crippen LogP contribution in [0.4, 0.5) is 4.79 Å². The van der Waals surface area contributed by atoms with Crippen LogP contribution in [-0.4, -0.2) is 34.2 Å². The third-order valence-corrected chi connectivity index (χ3v) is 4.32. The highest BCUT2D eigenvalue weighted by Gasteiger charge is 2.40. The molecule has 0 bridgehead atoms. The van der Waals surface area contributed by atoms with Gasteiger partial charge in [0.25, 0.3) is 0 Å². The lowest BCUT2D eigenvalue weighted by Gasteiger charge is -2.38. The van der Waals surface area contributed by atoms with Gasteiger partial charge in [0.05, 0.1) is 17.2 Å². The molecule has 3 rings (SSSR count). The van der Waals surface area contributed by atoms with Gasteiger partial charge in [-0.1, -0.05) is 6.07 Å². The Morgan fingerprint density at radius 2 is 2.21 bits per heavy atom. The van der Waals surface area contributed by atoms with Crippen molar-refractivity contribution in [3.63, 3.8) is 0 Å².